The minimum absolute atomic E-state index is 0.413. The van der Waals surface area contributed by atoms with Crippen molar-refractivity contribution in [1.29, 1.82) is 0 Å². The minimum atomic E-state index is 0.413. The van der Waals surface area contributed by atoms with Crippen LogP contribution in [0.1, 0.15) is 33.6 Å². The zero-order chi connectivity index (χ0) is 9.73. The molecule has 13 heavy (non-hydrogen) atoms. The SMILES string of the molecule is CC(C)(C)CNCCNCC1CC1. The highest BCUT2D eigenvalue weighted by Gasteiger charge is 2.19. The van der Waals surface area contributed by atoms with Gasteiger partial charge >= 0.3 is 0 Å². The third-order valence-corrected chi connectivity index (χ3v) is 2.26. The molecular formula is C11H24N2. The maximum atomic E-state index is 3.47. The van der Waals surface area contributed by atoms with Crippen LogP contribution in [0.15, 0.2) is 0 Å². The summed E-state index contributed by atoms with van der Waals surface area (Å²) in [6.07, 6.45) is 2.89. The molecule has 1 saturated carbocycles. The van der Waals surface area contributed by atoms with E-state index >= 15 is 0 Å². The molecule has 1 aliphatic carbocycles. The molecule has 1 fully saturated rings. The Hall–Kier alpha value is -0.0800. The molecule has 0 atom stereocenters. The van der Waals surface area contributed by atoms with Crippen molar-refractivity contribution in [3.05, 3.63) is 0 Å². The van der Waals surface area contributed by atoms with Gasteiger partial charge in [0.1, 0.15) is 0 Å². The fraction of sp³-hybridized carbons (Fsp3) is 1.00. The van der Waals surface area contributed by atoms with E-state index in [9.17, 15) is 0 Å². The Labute approximate surface area is 82.5 Å². The molecule has 2 N–H and O–H groups in total. The molecule has 0 radical (unpaired) electrons. The number of nitrogens with one attached hydrogen (secondary N) is 2. The van der Waals surface area contributed by atoms with E-state index in [4.69, 9.17) is 0 Å². The van der Waals surface area contributed by atoms with Crippen molar-refractivity contribution < 1.29 is 0 Å². The van der Waals surface area contributed by atoms with Crippen molar-refractivity contribution in [3.63, 3.8) is 0 Å². The van der Waals surface area contributed by atoms with Gasteiger partial charge in [-0.1, -0.05) is 20.8 Å². The van der Waals surface area contributed by atoms with Gasteiger partial charge in [-0.05, 0) is 30.7 Å². The quantitative estimate of drug-likeness (QED) is 0.613. The fourth-order valence-electron chi connectivity index (χ4n) is 1.27. The first-order valence-electron chi connectivity index (χ1n) is 5.49. The van der Waals surface area contributed by atoms with E-state index in [0.717, 1.165) is 25.6 Å². The summed E-state index contributed by atoms with van der Waals surface area (Å²) in [5.74, 6) is 1.00. The second-order valence-corrected chi connectivity index (χ2v) is 5.38. The van der Waals surface area contributed by atoms with Crippen molar-refractivity contribution >= 4 is 0 Å². The molecule has 0 bridgehead atoms. The Kier molecular flexibility index (Phi) is 4.20. The van der Waals surface area contributed by atoms with Crippen LogP contribution in [0.3, 0.4) is 0 Å². The maximum absolute atomic E-state index is 3.47. The van der Waals surface area contributed by atoms with E-state index in [-0.39, 0.29) is 0 Å². The summed E-state index contributed by atoms with van der Waals surface area (Å²) in [6.45, 7) is 11.3. The molecule has 0 unspecified atom stereocenters. The van der Waals surface area contributed by atoms with Gasteiger partial charge in [0.25, 0.3) is 0 Å². The van der Waals surface area contributed by atoms with Crippen LogP contribution in [0.4, 0.5) is 0 Å². The van der Waals surface area contributed by atoms with Gasteiger partial charge in [0.15, 0.2) is 0 Å². The highest BCUT2D eigenvalue weighted by atomic mass is 14.9. The molecule has 0 aromatic rings. The monoisotopic (exact) mass is 184 g/mol. The average molecular weight is 184 g/mol. The molecule has 0 aromatic heterocycles. The second kappa shape index (κ2) is 4.97. The maximum Gasteiger partial charge on any atom is 0.00769 e. The van der Waals surface area contributed by atoms with Crippen LogP contribution in [-0.4, -0.2) is 26.2 Å². The van der Waals surface area contributed by atoms with Gasteiger partial charge in [0.05, 0.1) is 0 Å². The normalized spacial score (nSPS) is 17.8. The Morgan fingerprint density at radius 1 is 1.08 bits per heavy atom. The Bertz CT molecular complexity index is 134. The molecule has 1 rings (SSSR count). The molecule has 0 aromatic carbocycles. The third kappa shape index (κ3) is 7.03. The summed E-state index contributed by atoms with van der Waals surface area (Å²) >= 11 is 0. The lowest BCUT2D eigenvalue weighted by molar-refractivity contribution is 0.379. The molecule has 0 aliphatic heterocycles. The molecular weight excluding hydrogens is 160 g/mol. The molecule has 1 aliphatic rings. The zero-order valence-electron chi connectivity index (χ0n) is 9.32. The van der Waals surface area contributed by atoms with Crippen molar-refractivity contribution in [1.82, 2.24) is 10.6 Å². The van der Waals surface area contributed by atoms with Crippen LogP contribution in [-0.2, 0) is 0 Å². The van der Waals surface area contributed by atoms with E-state index in [1.165, 1.54) is 19.4 Å². The number of rotatable bonds is 6. The lowest BCUT2D eigenvalue weighted by Crippen LogP contribution is -2.33. The lowest BCUT2D eigenvalue weighted by Gasteiger charge is -2.18. The van der Waals surface area contributed by atoms with Crippen molar-refractivity contribution in [2.75, 3.05) is 26.2 Å². The van der Waals surface area contributed by atoms with Crippen LogP contribution in [0.5, 0.6) is 0 Å². The zero-order valence-corrected chi connectivity index (χ0v) is 9.32. The van der Waals surface area contributed by atoms with Crippen LogP contribution in [0.25, 0.3) is 0 Å². The van der Waals surface area contributed by atoms with Gasteiger partial charge in [0, 0.05) is 19.6 Å². The highest BCUT2D eigenvalue weighted by Crippen LogP contribution is 2.27. The summed E-state index contributed by atoms with van der Waals surface area (Å²) < 4.78 is 0. The Balaban J connectivity index is 1.78. The predicted molar refractivity (Wildman–Crippen MR) is 57.9 cm³/mol. The van der Waals surface area contributed by atoms with E-state index < -0.39 is 0 Å². The minimum Gasteiger partial charge on any atom is -0.315 e. The van der Waals surface area contributed by atoms with Crippen molar-refractivity contribution in [2.24, 2.45) is 11.3 Å². The standard InChI is InChI=1S/C11H24N2/c1-11(2,3)9-13-7-6-12-8-10-4-5-10/h10,12-13H,4-9H2,1-3H3. The van der Waals surface area contributed by atoms with E-state index in [2.05, 4.69) is 31.4 Å². The van der Waals surface area contributed by atoms with E-state index in [1.54, 1.807) is 0 Å². The van der Waals surface area contributed by atoms with Gasteiger partial charge in [-0.25, -0.2) is 0 Å². The summed E-state index contributed by atoms with van der Waals surface area (Å²) in [7, 11) is 0. The van der Waals surface area contributed by atoms with Crippen LogP contribution in [0.2, 0.25) is 0 Å². The highest BCUT2D eigenvalue weighted by molar-refractivity contribution is 4.75. The fourth-order valence-corrected chi connectivity index (χ4v) is 1.27. The van der Waals surface area contributed by atoms with Crippen LogP contribution >= 0.6 is 0 Å². The molecule has 0 saturated heterocycles. The molecule has 0 heterocycles. The number of hydrogen-bond donors (Lipinski definition) is 2. The largest absolute Gasteiger partial charge is 0.315 e. The molecule has 0 spiro atoms. The Morgan fingerprint density at radius 2 is 1.69 bits per heavy atom. The lowest BCUT2D eigenvalue weighted by atomic mass is 9.97. The molecule has 2 nitrogen and oxygen atoms in total. The van der Waals surface area contributed by atoms with Crippen molar-refractivity contribution in [2.45, 2.75) is 33.6 Å². The van der Waals surface area contributed by atoms with Crippen LogP contribution < -0.4 is 10.6 Å². The third-order valence-electron chi connectivity index (χ3n) is 2.26. The summed E-state index contributed by atoms with van der Waals surface area (Å²) in [5.41, 5.74) is 0.413. The first-order chi connectivity index (χ1) is 6.08. The van der Waals surface area contributed by atoms with E-state index in [1.807, 2.05) is 0 Å². The predicted octanol–water partition coefficient (Wildman–Crippen LogP) is 1.62. The molecule has 2 heteroatoms. The van der Waals surface area contributed by atoms with E-state index in [0.29, 0.717) is 5.41 Å². The van der Waals surface area contributed by atoms with Crippen LogP contribution in [0, 0.1) is 11.3 Å². The topological polar surface area (TPSA) is 24.1 Å². The first kappa shape index (κ1) is 11.0. The van der Waals surface area contributed by atoms with Crippen molar-refractivity contribution in [3.8, 4) is 0 Å². The van der Waals surface area contributed by atoms with Gasteiger partial charge in [0.2, 0.25) is 0 Å². The molecule has 0 amide bonds. The van der Waals surface area contributed by atoms with Gasteiger partial charge in [-0.15, -0.1) is 0 Å². The van der Waals surface area contributed by atoms with Gasteiger partial charge in [-0.3, -0.25) is 0 Å². The summed E-state index contributed by atoms with van der Waals surface area (Å²) in [6, 6.07) is 0. The second-order valence-electron chi connectivity index (χ2n) is 5.38. The smallest absolute Gasteiger partial charge is 0.00769 e. The summed E-state index contributed by atoms with van der Waals surface area (Å²) in [4.78, 5) is 0. The average Bonchev–Trinajstić information content (AvgIpc) is 2.77. The number of hydrogen-bond acceptors (Lipinski definition) is 2. The van der Waals surface area contributed by atoms with Gasteiger partial charge in [-0.2, -0.15) is 0 Å². The summed E-state index contributed by atoms with van der Waals surface area (Å²) in [5, 5.41) is 6.93. The molecule has 78 valence electrons. The first-order valence-corrected chi connectivity index (χ1v) is 5.49. The Morgan fingerprint density at radius 3 is 2.23 bits per heavy atom. The van der Waals surface area contributed by atoms with Gasteiger partial charge < -0.3 is 10.6 Å².